The third-order valence-electron chi connectivity index (χ3n) is 0. The van der Waals surface area contributed by atoms with Gasteiger partial charge in [0.2, 0.25) is 0 Å². The van der Waals surface area contributed by atoms with Crippen LogP contribution in [0.2, 0.25) is 0 Å². The van der Waals surface area contributed by atoms with Crippen LogP contribution >= 0.6 is 0 Å². The Hall–Kier alpha value is 2.49. The average molecular weight is 351 g/mol. The van der Waals surface area contributed by atoms with Gasteiger partial charge in [-0.05, 0) is 0 Å². The minimum atomic E-state index is 0. The maximum atomic E-state index is 8.33. The van der Waals surface area contributed by atoms with Crippen LogP contribution in [-0.4, -0.2) is 45.5 Å². The molecule has 0 unspecified atom stereocenters. The van der Waals surface area contributed by atoms with Crippen molar-refractivity contribution >= 4 is 45.5 Å². The molecule has 4 heavy (non-hydrogen) atoms. The summed E-state index contributed by atoms with van der Waals surface area (Å²) in [5, 5.41) is 0. The first kappa shape index (κ1) is 16.1. The first-order valence-corrected chi connectivity index (χ1v) is 1.36. The Kier molecular flexibility index (Phi) is 71.7. The molecule has 0 aliphatic rings. The molecule has 0 saturated carbocycles. The molecule has 0 saturated heterocycles. The molecule has 0 amide bonds. The van der Waals surface area contributed by atoms with Crippen molar-refractivity contribution in [2.75, 3.05) is 0 Å². The van der Waals surface area contributed by atoms with Crippen LogP contribution in [0.5, 0.6) is 0 Å². The van der Waals surface area contributed by atoms with E-state index in [9.17, 15) is 0 Å². The Morgan fingerprint density at radius 2 is 1.25 bits per heavy atom. The van der Waals surface area contributed by atoms with Crippen LogP contribution < -0.4 is 0 Å². The van der Waals surface area contributed by atoms with E-state index in [1.54, 1.807) is 0 Å². The molecule has 0 aliphatic heterocycles. The van der Waals surface area contributed by atoms with Crippen molar-refractivity contribution in [3.05, 3.63) is 0 Å². The molecule has 0 heterocycles. The van der Waals surface area contributed by atoms with E-state index in [0.717, 1.165) is 0 Å². The minimum absolute atomic E-state index is 0. The van der Waals surface area contributed by atoms with Crippen LogP contribution in [0.15, 0.2) is 0 Å². The van der Waals surface area contributed by atoms with Gasteiger partial charge in [0.1, 0.15) is 0 Å². The van der Waals surface area contributed by atoms with Crippen LogP contribution in [0.1, 0.15) is 0 Å². The first-order chi connectivity index (χ1) is 1.00. The molecule has 0 aromatic heterocycles. The monoisotopic (exact) mass is 351 g/mol. The summed E-state index contributed by atoms with van der Waals surface area (Å²) in [6, 6.07) is 0. The Bertz CT molecular complexity index is 8.00. The number of rotatable bonds is 0. The molecule has 4 heteroatoms. The molecule has 0 spiro atoms. The fourth-order valence-electron chi connectivity index (χ4n) is 0. The molecular formula is CuOSrW. The zero-order valence-corrected chi connectivity index (χ0v) is 9.18. The summed E-state index contributed by atoms with van der Waals surface area (Å²) in [6.45, 7) is 0. The van der Waals surface area contributed by atoms with Crippen molar-refractivity contribution in [2.24, 2.45) is 0 Å². The quantitative estimate of drug-likeness (QED) is 0.538. The second-order valence-corrected chi connectivity index (χ2v) is 0. The fourth-order valence-corrected chi connectivity index (χ4v) is 0. The summed E-state index contributed by atoms with van der Waals surface area (Å²) in [6.07, 6.45) is 0. The predicted octanol–water partition coefficient (Wildman–Crippen LogP) is -0.505. The van der Waals surface area contributed by atoms with Crippen LogP contribution in [0, 0.1) is 0 Å². The van der Waals surface area contributed by atoms with Gasteiger partial charge in [-0.15, -0.1) is 0 Å². The maximum Gasteiger partial charge on any atom is 0 e. The van der Waals surface area contributed by atoms with Gasteiger partial charge in [-0.25, -0.2) is 0 Å². The van der Waals surface area contributed by atoms with E-state index in [1.807, 2.05) is 0 Å². The number of hydrogen-bond donors (Lipinski definition) is 0. The maximum absolute atomic E-state index is 8.33. The average Bonchev–Trinajstić information content (AvgIpc) is 1.00. The molecule has 0 aromatic rings. The second kappa shape index (κ2) is 17.9. The summed E-state index contributed by atoms with van der Waals surface area (Å²) in [4.78, 5) is 0. The SMILES string of the molecule is [Cu].[O]=[W].[Sr]. The fraction of sp³-hybridized carbons (Fsp3) is 0. The molecule has 1 nitrogen and oxygen atoms in total. The van der Waals surface area contributed by atoms with Crippen LogP contribution in [0.3, 0.4) is 0 Å². The minimum Gasteiger partial charge on any atom is 0 e. The van der Waals surface area contributed by atoms with Gasteiger partial charge in [-0.3, -0.25) is 0 Å². The molecule has 3 radical (unpaired) electrons. The molecule has 0 N–H and O–H groups in total. The van der Waals surface area contributed by atoms with Crippen molar-refractivity contribution in [3.63, 3.8) is 0 Å². The van der Waals surface area contributed by atoms with Crippen molar-refractivity contribution in [2.45, 2.75) is 0 Å². The number of hydrogen-bond acceptors (Lipinski definition) is 1. The predicted molar refractivity (Wildman–Crippen MR) is 6.44 cm³/mol. The zero-order valence-electron chi connectivity index (χ0n) is 1.83. The van der Waals surface area contributed by atoms with Crippen molar-refractivity contribution in [3.8, 4) is 0 Å². The van der Waals surface area contributed by atoms with Gasteiger partial charge in [0.15, 0.2) is 0 Å². The smallest absolute Gasteiger partial charge is 0 e. The largest absolute Gasteiger partial charge is 0 e. The Labute approximate surface area is 83.9 Å². The summed E-state index contributed by atoms with van der Waals surface area (Å²) in [5.41, 5.74) is 0. The molecule has 0 aliphatic carbocycles. The molecule has 0 aromatic carbocycles. The molecule has 0 atom stereocenters. The Balaban J connectivity index is -0.00000000500. The van der Waals surface area contributed by atoms with Gasteiger partial charge in [0, 0.05) is 62.6 Å². The van der Waals surface area contributed by atoms with Crippen molar-refractivity contribution in [1.29, 1.82) is 0 Å². The van der Waals surface area contributed by atoms with Gasteiger partial charge < -0.3 is 0 Å². The third kappa shape index (κ3) is 8.82. The second-order valence-electron chi connectivity index (χ2n) is 0. The van der Waals surface area contributed by atoms with Crippen LogP contribution in [0.4, 0.5) is 0 Å². The van der Waals surface area contributed by atoms with E-state index in [1.165, 1.54) is 0 Å². The normalized spacial score (nSPS) is 1.00. The van der Waals surface area contributed by atoms with Crippen molar-refractivity contribution < 1.29 is 40.2 Å². The summed E-state index contributed by atoms with van der Waals surface area (Å²) < 4.78 is 8.33. The van der Waals surface area contributed by atoms with Gasteiger partial charge in [0.05, 0.1) is 0 Å². The van der Waals surface area contributed by atoms with E-state index in [2.05, 4.69) is 0 Å². The molecule has 0 fully saturated rings. The van der Waals surface area contributed by atoms with E-state index in [4.69, 9.17) is 3.40 Å². The molecule has 0 bridgehead atoms. The zero-order chi connectivity index (χ0) is 2.00. The third-order valence-corrected chi connectivity index (χ3v) is 0. The Morgan fingerprint density at radius 1 is 1.25 bits per heavy atom. The van der Waals surface area contributed by atoms with E-state index >= 15 is 0 Å². The topological polar surface area (TPSA) is 17.1 Å². The van der Waals surface area contributed by atoms with Crippen LogP contribution in [-0.2, 0) is 40.2 Å². The first-order valence-electron chi connectivity index (χ1n) is 0.167. The summed E-state index contributed by atoms with van der Waals surface area (Å²) >= 11 is 0.333. The van der Waals surface area contributed by atoms with Crippen LogP contribution in [0.25, 0.3) is 0 Å². The van der Waals surface area contributed by atoms with Crippen molar-refractivity contribution in [1.82, 2.24) is 0 Å². The van der Waals surface area contributed by atoms with Gasteiger partial charge in [0.25, 0.3) is 0 Å². The summed E-state index contributed by atoms with van der Waals surface area (Å²) in [7, 11) is 0. The van der Waals surface area contributed by atoms with E-state index < -0.39 is 0 Å². The molecule has 0 rings (SSSR count). The Morgan fingerprint density at radius 3 is 1.25 bits per heavy atom. The molecular weight excluding hydrogens is 351 g/mol. The standard InChI is InChI=1S/Cu.O.Sr.W. The van der Waals surface area contributed by atoms with E-state index in [-0.39, 0.29) is 62.6 Å². The summed E-state index contributed by atoms with van der Waals surface area (Å²) in [5.74, 6) is 0. The van der Waals surface area contributed by atoms with Gasteiger partial charge in [-0.1, -0.05) is 0 Å². The van der Waals surface area contributed by atoms with E-state index in [0.29, 0.717) is 19.8 Å². The molecule has 25 valence electrons. The van der Waals surface area contributed by atoms with Gasteiger partial charge >= 0.3 is 23.2 Å². The van der Waals surface area contributed by atoms with Gasteiger partial charge in [-0.2, -0.15) is 0 Å².